The Morgan fingerprint density at radius 2 is 1.70 bits per heavy atom. The van der Waals surface area contributed by atoms with Crippen LogP contribution in [0.5, 0.6) is 0 Å². The van der Waals surface area contributed by atoms with Crippen molar-refractivity contribution >= 4 is 16.8 Å². The molecule has 3 rings (SSSR count). The number of nitrogens with one attached hydrogen (secondary N) is 1. The van der Waals surface area contributed by atoms with Gasteiger partial charge in [0.15, 0.2) is 0 Å². The molecule has 1 aromatic heterocycles. The molecular formula is C21H23N3O3. The number of aryl methyl sites for hydroxylation is 1. The van der Waals surface area contributed by atoms with Gasteiger partial charge in [0, 0.05) is 6.54 Å². The van der Waals surface area contributed by atoms with Gasteiger partial charge >= 0.3 is 5.69 Å². The van der Waals surface area contributed by atoms with Crippen LogP contribution in [-0.2, 0) is 17.9 Å². The van der Waals surface area contributed by atoms with E-state index in [0.29, 0.717) is 10.9 Å². The molecule has 3 aromatic rings. The second kappa shape index (κ2) is 7.61. The molecule has 27 heavy (non-hydrogen) atoms. The maximum absolute atomic E-state index is 12.7. The van der Waals surface area contributed by atoms with E-state index >= 15 is 0 Å². The Morgan fingerprint density at radius 1 is 1.04 bits per heavy atom. The van der Waals surface area contributed by atoms with Crippen molar-refractivity contribution in [1.82, 2.24) is 14.5 Å². The number of hydrogen-bond acceptors (Lipinski definition) is 3. The number of para-hydroxylation sites is 1. The number of benzene rings is 2. The maximum Gasteiger partial charge on any atom is 0.331 e. The van der Waals surface area contributed by atoms with Crippen molar-refractivity contribution in [2.75, 3.05) is 0 Å². The summed E-state index contributed by atoms with van der Waals surface area (Å²) in [7, 11) is 0. The van der Waals surface area contributed by atoms with E-state index in [1.165, 1.54) is 4.57 Å². The predicted molar refractivity (Wildman–Crippen MR) is 106 cm³/mol. The van der Waals surface area contributed by atoms with Crippen molar-refractivity contribution in [3.05, 3.63) is 80.5 Å². The Hall–Kier alpha value is -3.15. The largest absolute Gasteiger partial charge is 0.348 e. The highest BCUT2D eigenvalue weighted by Crippen LogP contribution is 2.16. The molecule has 6 nitrogen and oxygen atoms in total. The van der Waals surface area contributed by atoms with Crippen LogP contribution < -0.4 is 16.6 Å². The van der Waals surface area contributed by atoms with Crippen LogP contribution in [0.15, 0.2) is 58.1 Å². The fourth-order valence-electron chi connectivity index (χ4n) is 3.38. The number of amides is 1. The second-order valence-electron chi connectivity index (χ2n) is 6.58. The van der Waals surface area contributed by atoms with Crippen molar-refractivity contribution in [2.24, 2.45) is 0 Å². The molecule has 0 saturated carbocycles. The monoisotopic (exact) mass is 365 g/mol. The molecule has 140 valence electrons. The molecule has 0 radical (unpaired) electrons. The Bertz CT molecular complexity index is 1110. The Labute approximate surface area is 157 Å². The lowest BCUT2D eigenvalue weighted by atomic mass is 10.0. The van der Waals surface area contributed by atoms with Gasteiger partial charge in [-0.15, -0.1) is 0 Å². The zero-order valence-electron chi connectivity index (χ0n) is 15.7. The van der Waals surface area contributed by atoms with Gasteiger partial charge in [0.25, 0.3) is 5.56 Å². The van der Waals surface area contributed by atoms with Crippen LogP contribution in [-0.4, -0.2) is 15.0 Å². The number of carbonyl (C=O) groups excluding carboxylic acids is 1. The summed E-state index contributed by atoms with van der Waals surface area (Å²) in [5.74, 6) is -0.278. The van der Waals surface area contributed by atoms with Crippen molar-refractivity contribution in [3.8, 4) is 0 Å². The van der Waals surface area contributed by atoms with Gasteiger partial charge < -0.3 is 5.32 Å². The normalized spacial score (nSPS) is 12.1. The fourth-order valence-corrected chi connectivity index (χ4v) is 3.38. The first-order chi connectivity index (χ1) is 12.9. The molecule has 0 aliphatic rings. The minimum Gasteiger partial charge on any atom is -0.348 e. The number of carbonyl (C=O) groups is 1. The average Bonchev–Trinajstić information content (AvgIpc) is 2.66. The Kier molecular flexibility index (Phi) is 5.26. The van der Waals surface area contributed by atoms with Gasteiger partial charge in [-0.2, -0.15) is 0 Å². The van der Waals surface area contributed by atoms with Crippen molar-refractivity contribution in [2.45, 2.75) is 39.9 Å². The highest BCUT2D eigenvalue weighted by molar-refractivity contribution is 5.81. The molecule has 1 amide bonds. The van der Waals surface area contributed by atoms with E-state index < -0.39 is 5.69 Å². The van der Waals surface area contributed by atoms with Crippen molar-refractivity contribution < 1.29 is 4.79 Å². The average molecular weight is 365 g/mol. The zero-order valence-corrected chi connectivity index (χ0v) is 15.7. The van der Waals surface area contributed by atoms with Crippen LogP contribution in [0.3, 0.4) is 0 Å². The summed E-state index contributed by atoms with van der Waals surface area (Å²) >= 11 is 0. The molecule has 1 N–H and O–H groups in total. The maximum atomic E-state index is 12.7. The van der Waals surface area contributed by atoms with Crippen molar-refractivity contribution in [3.63, 3.8) is 0 Å². The summed E-state index contributed by atoms with van der Waals surface area (Å²) in [6, 6.07) is 14.5. The van der Waals surface area contributed by atoms with Gasteiger partial charge in [-0.1, -0.05) is 36.4 Å². The summed E-state index contributed by atoms with van der Waals surface area (Å²) in [6.07, 6.45) is 0. The molecule has 2 aromatic carbocycles. The molecule has 0 aliphatic heterocycles. The summed E-state index contributed by atoms with van der Waals surface area (Å²) in [6.45, 7) is 5.75. The van der Waals surface area contributed by atoms with Gasteiger partial charge in [-0.25, -0.2) is 4.79 Å². The summed E-state index contributed by atoms with van der Waals surface area (Å²) < 4.78 is 2.51. The van der Waals surface area contributed by atoms with Gasteiger partial charge in [-0.3, -0.25) is 18.7 Å². The first-order valence-corrected chi connectivity index (χ1v) is 9.01. The van der Waals surface area contributed by atoms with E-state index in [2.05, 4.69) is 5.32 Å². The number of fused-ring (bicyclic) bond motifs is 1. The molecule has 6 heteroatoms. The SMILES string of the molecule is CCn1c(=O)c2ccccc2n(CC(=O)N[C@H](C)c2ccccc2C)c1=O. The molecule has 0 spiro atoms. The van der Waals surface area contributed by atoms with Gasteiger partial charge in [0.05, 0.1) is 16.9 Å². The first-order valence-electron chi connectivity index (χ1n) is 9.01. The van der Waals surface area contributed by atoms with Crippen LogP contribution in [0.2, 0.25) is 0 Å². The quantitative estimate of drug-likeness (QED) is 0.754. The summed E-state index contributed by atoms with van der Waals surface area (Å²) in [4.78, 5) is 37.8. The van der Waals surface area contributed by atoms with E-state index in [1.54, 1.807) is 31.2 Å². The van der Waals surface area contributed by atoms with Gasteiger partial charge in [0.2, 0.25) is 5.91 Å². The van der Waals surface area contributed by atoms with E-state index in [0.717, 1.165) is 15.7 Å². The molecule has 1 atom stereocenters. The van der Waals surface area contributed by atoms with Crippen LogP contribution in [0.25, 0.3) is 10.9 Å². The van der Waals surface area contributed by atoms with Crippen LogP contribution >= 0.6 is 0 Å². The Balaban J connectivity index is 1.95. The topological polar surface area (TPSA) is 73.1 Å². The van der Waals surface area contributed by atoms with Crippen LogP contribution in [0.1, 0.15) is 31.0 Å². The Morgan fingerprint density at radius 3 is 2.41 bits per heavy atom. The molecule has 0 saturated heterocycles. The third-order valence-electron chi connectivity index (χ3n) is 4.78. The number of aromatic nitrogens is 2. The second-order valence-corrected chi connectivity index (χ2v) is 6.58. The molecule has 0 unspecified atom stereocenters. The van der Waals surface area contributed by atoms with Crippen LogP contribution in [0, 0.1) is 6.92 Å². The fraction of sp³-hybridized carbons (Fsp3) is 0.286. The highest BCUT2D eigenvalue weighted by atomic mass is 16.2. The summed E-state index contributed by atoms with van der Waals surface area (Å²) in [5, 5.41) is 3.37. The van der Waals surface area contributed by atoms with Gasteiger partial charge in [-0.05, 0) is 44.0 Å². The molecule has 0 bridgehead atoms. The third kappa shape index (κ3) is 3.56. The molecular weight excluding hydrogens is 342 g/mol. The van der Waals surface area contributed by atoms with E-state index in [4.69, 9.17) is 0 Å². The lowest BCUT2D eigenvalue weighted by Gasteiger charge is -2.18. The van der Waals surface area contributed by atoms with Crippen molar-refractivity contribution in [1.29, 1.82) is 0 Å². The zero-order chi connectivity index (χ0) is 19.6. The minimum atomic E-state index is -0.472. The van der Waals surface area contributed by atoms with Gasteiger partial charge in [0.1, 0.15) is 6.54 Å². The smallest absolute Gasteiger partial charge is 0.331 e. The van der Waals surface area contributed by atoms with Crippen LogP contribution in [0.4, 0.5) is 0 Å². The number of hydrogen-bond donors (Lipinski definition) is 1. The highest BCUT2D eigenvalue weighted by Gasteiger charge is 2.16. The van der Waals surface area contributed by atoms with E-state index in [9.17, 15) is 14.4 Å². The van der Waals surface area contributed by atoms with E-state index in [-0.39, 0.29) is 30.6 Å². The lowest BCUT2D eigenvalue weighted by Crippen LogP contribution is -2.42. The molecule has 0 fully saturated rings. The number of rotatable bonds is 5. The third-order valence-corrected chi connectivity index (χ3v) is 4.78. The van der Waals surface area contributed by atoms with E-state index in [1.807, 2.05) is 38.1 Å². The molecule has 0 aliphatic carbocycles. The molecule has 1 heterocycles. The summed E-state index contributed by atoms with van der Waals surface area (Å²) in [5.41, 5.74) is 1.79. The first kappa shape index (κ1) is 18.6. The lowest BCUT2D eigenvalue weighted by molar-refractivity contribution is -0.122. The minimum absolute atomic E-state index is 0.143. The number of nitrogens with zero attached hydrogens (tertiary/aromatic N) is 2. The standard InChI is InChI=1S/C21H23N3O3/c1-4-23-20(26)17-11-7-8-12-18(17)24(21(23)27)13-19(25)22-15(3)16-10-6-5-9-14(16)2/h5-12,15H,4,13H2,1-3H3,(H,22,25)/t15-/m1/s1. The predicted octanol–water partition coefficient (Wildman–Crippen LogP) is 2.37.